The Balaban J connectivity index is 0. The summed E-state index contributed by atoms with van der Waals surface area (Å²) in [6, 6.07) is 0. The molecule has 0 aliphatic heterocycles. The van der Waals surface area contributed by atoms with Crippen LogP contribution >= 0.6 is 24.8 Å². The van der Waals surface area contributed by atoms with Gasteiger partial charge in [0, 0.05) is 0 Å². The molecule has 0 saturated carbocycles. The van der Waals surface area contributed by atoms with Crippen LogP contribution < -0.4 is 0 Å². The number of rotatable bonds is 0. The van der Waals surface area contributed by atoms with E-state index in [-0.39, 0.29) is 24.8 Å². The van der Waals surface area contributed by atoms with E-state index in [0.717, 1.165) is 0 Å². The van der Waals surface area contributed by atoms with E-state index in [1.165, 1.54) is 45.2 Å². The first kappa shape index (κ1) is 12.1. The number of allylic oxidation sites excluding steroid dienone is 4. The van der Waals surface area contributed by atoms with Gasteiger partial charge in [0.25, 0.3) is 0 Å². The van der Waals surface area contributed by atoms with E-state index in [1.807, 2.05) is 0 Å². The summed E-state index contributed by atoms with van der Waals surface area (Å²) < 4.78 is 1.61. The molecule has 0 fully saturated rings. The normalized spacial score (nSPS) is 13.6. The molecule has 45 valence electrons. The summed E-state index contributed by atoms with van der Waals surface area (Å²) in [4.78, 5) is 0. The molecule has 0 amide bonds. The molecule has 0 bridgehead atoms. The van der Waals surface area contributed by atoms with E-state index in [2.05, 4.69) is 18.2 Å². The summed E-state index contributed by atoms with van der Waals surface area (Å²) >= 11 is 1.25. The molecule has 0 aromatic carbocycles. The fraction of sp³-hybridized carbons (Fsp3) is 0.200. The monoisotopic (exact) mass is 279 g/mol. The molecule has 0 unspecified atom stereocenters. The zero-order valence-electron chi connectivity index (χ0n) is 4.26. The molecule has 0 aromatic heterocycles. The molecule has 0 saturated heterocycles. The van der Waals surface area contributed by atoms with E-state index < -0.39 is 0 Å². The van der Waals surface area contributed by atoms with Crippen LogP contribution in [0.15, 0.2) is 19.5 Å². The van der Waals surface area contributed by atoms with Gasteiger partial charge < -0.3 is 0 Å². The van der Waals surface area contributed by atoms with E-state index in [0.29, 0.717) is 0 Å². The first-order chi connectivity index (χ1) is 2.89. The van der Waals surface area contributed by atoms with Crippen LogP contribution in [0.1, 0.15) is 6.42 Å². The predicted octanol–water partition coefficient (Wildman–Crippen LogP) is 2.22. The first-order valence-electron chi connectivity index (χ1n) is 1.97. The fourth-order valence-corrected chi connectivity index (χ4v) is 1.13. The second-order valence-corrected chi connectivity index (χ2v) is 3.38. The Morgan fingerprint density at radius 2 is 2.00 bits per heavy atom. The van der Waals surface area contributed by atoms with Gasteiger partial charge >= 0.3 is 64.6 Å². The van der Waals surface area contributed by atoms with Crippen molar-refractivity contribution in [2.45, 2.75) is 6.42 Å². The fourth-order valence-electron chi connectivity index (χ4n) is 0.447. The van der Waals surface area contributed by atoms with Crippen molar-refractivity contribution in [1.82, 2.24) is 0 Å². The average Bonchev–Trinajstić information content (AvgIpc) is 1.86. The standard InChI is InChI=1S/C5H5.2ClH.Nd/c1-2-4-5-3-1;;;/h1-3H,4H2;2*1H;. The van der Waals surface area contributed by atoms with Crippen LogP contribution in [0, 0.1) is 38.8 Å². The molecular weight excluding hydrogens is 275 g/mol. The minimum atomic E-state index is 0. The third-order valence-electron chi connectivity index (χ3n) is 0.771. The molecule has 0 aromatic rings. The Hall–Kier alpha value is 1.41. The molecule has 0 nitrogen and oxygen atoms in total. The van der Waals surface area contributed by atoms with Crippen LogP contribution in [0.3, 0.4) is 0 Å². The molecule has 0 atom stereocenters. The third-order valence-corrected chi connectivity index (χ3v) is 1.96. The van der Waals surface area contributed by atoms with E-state index in [1.54, 1.807) is 1.22 Å². The van der Waals surface area contributed by atoms with Crippen molar-refractivity contribution in [3.63, 3.8) is 0 Å². The Bertz CT molecular complexity index is 107. The predicted molar refractivity (Wildman–Crippen MR) is 36.3 cm³/mol. The topological polar surface area (TPSA) is 0 Å². The van der Waals surface area contributed by atoms with Crippen molar-refractivity contribution in [1.29, 1.82) is 0 Å². The van der Waals surface area contributed by atoms with Crippen molar-refractivity contribution >= 4 is 24.8 Å². The van der Waals surface area contributed by atoms with E-state index >= 15 is 0 Å². The maximum absolute atomic E-state index is 2.20. The van der Waals surface area contributed by atoms with Crippen molar-refractivity contribution in [3.05, 3.63) is 19.5 Å². The van der Waals surface area contributed by atoms with Gasteiger partial charge in [-0.3, -0.25) is 0 Å². The maximum atomic E-state index is 2.20. The third kappa shape index (κ3) is 4.31. The van der Waals surface area contributed by atoms with Crippen LogP contribution in [-0.4, -0.2) is 0 Å². The van der Waals surface area contributed by atoms with Crippen molar-refractivity contribution in [2.75, 3.05) is 0 Å². The van der Waals surface area contributed by atoms with Gasteiger partial charge in [-0.15, -0.1) is 24.8 Å². The Kier molecular flexibility index (Phi) is 9.89. The molecule has 3 heteroatoms. The molecular formula is C5H7Cl2Nd. The van der Waals surface area contributed by atoms with E-state index in [9.17, 15) is 0 Å². The van der Waals surface area contributed by atoms with Crippen LogP contribution in [0.2, 0.25) is 0 Å². The van der Waals surface area contributed by atoms with Crippen molar-refractivity contribution in [2.24, 2.45) is 0 Å². The molecule has 1 aliphatic rings. The van der Waals surface area contributed by atoms with Crippen LogP contribution in [-0.2, 0) is 0 Å². The Labute approximate surface area is 88.2 Å². The van der Waals surface area contributed by atoms with Gasteiger partial charge in [-0.05, 0) is 0 Å². The quantitative estimate of drug-likeness (QED) is 0.639. The number of halogens is 2. The van der Waals surface area contributed by atoms with Crippen molar-refractivity contribution < 1.29 is 38.8 Å². The first-order valence-corrected chi connectivity index (χ1v) is 3.57. The molecule has 0 heterocycles. The van der Waals surface area contributed by atoms with Crippen LogP contribution in [0.4, 0.5) is 0 Å². The molecule has 1 rings (SSSR count). The number of hydrogen-bond acceptors (Lipinski definition) is 0. The molecule has 1 aliphatic carbocycles. The molecule has 0 radical (unpaired) electrons. The molecule has 0 spiro atoms. The summed E-state index contributed by atoms with van der Waals surface area (Å²) in [7, 11) is 0. The van der Waals surface area contributed by atoms with Gasteiger partial charge in [-0.1, -0.05) is 0 Å². The van der Waals surface area contributed by atoms with Crippen LogP contribution in [0.25, 0.3) is 0 Å². The van der Waals surface area contributed by atoms with Gasteiger partial charge in [0.05, 0.1) is 0 Å². The van der Waals surface area contributed by atoms with Gasteiger partial charge in [0.1, 0.15) is 0 Å². The Morgan fingerprint density at radius 3 is 2.12 bits per heavy atom. The van der Waals surface area contributed by atoms with Crippen molar-refractivity contribution in [3.8, 4) is 0 Å². The zero-order chi connectivity index (χ0) is 4.41. The second-order valence-electron chi connectivity index (χ2n) is 1.32. The SMILES string of the molecule is Cl.Cl.[Nd][C]1=CC=CC1. The molecule has 0 N–H and O–H groups in total. The molecule has 8 heavy (non-hydrogen) atoms. The Morgan fingerprint density at radius 1 is 1.38 bits per heavy atom. The van der Waals surface area contributed by atoms with Gasteiger partial charge in [0.2, 0.25) is 0 Å². The van der Waals surface area contributed by atoms with E-state index in [4.69, 9.17) is 0 Å². The summed E-state index contributed by atoms with van der Waals surface area (Å²) in [6.45, 7) is 0. The summed E-state index contributed by atoms with van der Waals surface area (Å²) in [5, 5.41) is 0. The van der Waals surface area contributed by atoms with Gasteiger partial charge in [-0.2, -0.15) is 0 Å². The average molecular weight is 282 g/mol. The van der Waals surface area contributed by atoms with Gasteiger partial charge in [0.15, 0.2) is 0 Å². The summed E-state index contributed by atoms with van der Waals surface area (Å²) in [6.07, 6.45) is 7.75. The summed E-state index contributed by atoms with van der Waals surface area (Å²) in [5.74, 6) is 0. The number of hydrogen-bond donors (Lipinski definition) is 0. The second kappa shape index (κ2) is 6.53. The van der Waals surface area contributed by atoms with Crippen LogP contribution in [0.5, 0.6) is 0 Å². The van der Waals surface area contributed by atoms with Gasteiger partial charge in [-0.25, -0.2) is 0 Å². The minimum absolute atomic E-state index is 0. The zero-order valence-corrected chi connectivity index (χ0v) is 9.10. The summed E-state index contributed by atoms with van der Waals surface area (Å²) in [5.41, 5.74) is 0.